The van der Waals surface area contributed by atoms with Gasteiger partial charge < -0.3 is 10.6 Å². The molecule has 1 amide bonds. The van der Waals surface area contributed by atoms with Crippen LogP contribution in [0, 0.1) is 5.41 Å². The predicted octanol–water partition coefficient (Wildman–Crippen LogP) is 2.09. The van der Waals surface area contributed by atoms with Crippen LogP contribution in [0.1, 0.15) is 25.7 Å². The Bertz CT molecular complexity index is 463. The third kappa shape index (κ3) is 3.83. The third-order valence-electron chi connectivity index (χ3n) is 4.73. The second-order valence-corrected chi connectivity index (χ2v) is 6.51. The average molecular weight is 287 g/mol. The summed E-state index contributed by atoms with van der Waals surface area (Å²) in [7, 11) is 0. The molecule has 2 aliphatic heterocycles. The van der Waals surface area contributed by atoms with Crippen LogP contribution in [0.3, 0.4) is 0 Å². The SMILES string of the molecule is O=C(CN1CCCC2(CCCNC2)C1)Nc1ccccc1. The summed E-state index contributed by atoms with van der Waals surface area (Å²) in [5.74, 6) is 0.0991. The highest BCUT2D eigenvalue weighted by Crippen LogP contribution is 2.35. The van der Waals surface area contributed by atoms with Gasteiger partial charge in [-0.15, -0.1) is 0 Å². The van der Waals surface area contributed by atoms with Crippen LogP contribution in [0.2, 0.25) is 0 Å². The van der Waals surface area contributed by atoms with Crippen molar-refractivity contribution in [3.8, 4) is 0 Å². The van der Waals surface area contributed by atoms with E-state index in [0.29, 0.717) is 12.0 Å². The minimum atomic E-state index is 0.0991. The first-order valence-electron chi connectivity index (χ1n) is 8.04. The molecule has 0 aliphatic carbocycles. The van der Waals surface area contributed by atoms with Crippen molar-refractivity contribution in [3.63, 3.8) is 0 Å². The number of likely N-dealkylation sites (tertiary alicyclic amines) is 1. The molecule has 1 atom stereocenters. The summed E-state index contributed by atoms with van der Waals surface area (Å²) in [6, 6.07) is 9.71. The maximum Gasteiger partial charge on any atom is 0.238 e. The van der Waals surface area contributed by atoms with Gasteiger partial charge in [-0.25, -0.2) is 0 Å². The molecular weight excluding hydrogens is 262 g/mol. The van der Waals surface area contributed by atoms with Crippen LogP contribution in [-0.2, 0) is 4.79 Å². The predicted molar refractivity (Wildman–Crippen MR) is 85.3 cm³/mol. The smallest absolute Gasteiger partial charge is 0.238 e. The molecule has 0 saturated carbocycles. The van der Waals surface area contributed by atoms with E-state index < -0.39 is 0 Å². The second kappa shape index (κ2) is 6.58. The van der Waals surface area contributed by atoms with E-state index in [1.807, 2.05) is 30.3 Å². The lowest BCUT2D eigenvalue weighted by molar-refractivity contribution is -0.118. The maximum absolute atomic E-state index is 12.2. The number of anilines is 1. The Hall–Kier alpha value is -1.39. The van der Waals surface area contributed by atoms with E-state index >= 15 is 0 Å². The monoisotopic (exact) mass is 287 g/mol. The van der Waals surface area contributed by atoms with Gasteiger partial charge in [0.2, 0.25) is 5.91 Å². The standard InChI is InChI=1S/C17H25N3O/c21-16(19-15-6-2-1-3-7-15)12-20-11-5-9-17(14-20)8-4-10-18-13-17/h1-3,6-7,18H,4-5,8-14H2,(H,19,21). The Morgan fingerprint density at radius 2 is 2.05 bits per heavy atom. The fourth-order valence-electron chi connectivity index (χ4n) is 3.75. The van der Waals surface area contributed by atoms with Gasteiger partial charge in [-0.3, -0.25) is 9.69 Å². The van der Waals surface area contributed by atoms with Gasteiger partial charge in [0.1, 0.15) is 0 Å². The van der Waals surface area contributed by atoms with Crippen molar-refractivity contribution < 1.29 is 4.79 Å². The molecule has 21 heavy (non-hydrogen) atoms. The Labute approximate surface area is 126 Å². The summed E-state index contributed by atoms with van der Waals surface area (Å²) in [6.45, 7) is 4.88. The molecule has 2 saturated heterocycles. The molecule has 1 aromatic rings. The lowest BCUT2D eigenvalue weighted by atomic mass is 9.74. The highest BCUT2D eigenvalue weighted by atomic mass is 16.2. The molecule has 0 radical (unpaired) electrons. The minimum Gasteiger partial charge on any atom is -0.325 e. The van der Waals surface area contributed by atoms with Gasteiger partial charge in [-0.05, 0) is 56.3 Å². The summed E-state index contributed by atoms with van der Waals surface area (Å²) < 4.78 is 0. The number of carbonyl (C=O) groups is 1. The van der Waals surface area contributed by atoms with Crippen molar-refractivity contribution in [1.82, 2.24) is 10.2 Å². The average Bonchev–Trinajstić information content (AvgIpc) is 2.49. The number of benzene rings is 1. The van der Waals surface area contributed by atoms with Gasteiger partial charge in [0, 0.05) is 18.8 Å². The number of nitrogens with one attached hydrogen (secondary N) is 2. The molecule has 1 spiro atoms. The van der Waals surface area contributed by atoms with Crippen LogP contribution in [0.4, 0.5) is 5.69 Å². The van der Waals surface area contributed by atoms with E-state index in [-0.39, 0.29) is 5.91 Å². The molecule has 2 heterocycles. The van der Waals surface area contributed by atoms with Gasteiger partial charge in [-0.2, -0.15) is 0 Å². The summed E-state index contributed by atoms with van der Waals surface area (Å²) >= 11 is 0. The summed E-state index contributed by atoms with van der Waals surface area (Å²) in [5, 5.41) is 6.52. The van der Waals surface area contributed by atoms with Crippen LogP contribution < -0.4 is 10.6 Å². The van der Waals surface area contributed by atoms with Crippen molar-refractivity contribution in [2.75, 3.05) is 38.0 Å². The molecule has 2 N–H and O–H groups in total. The normalized spacial score (nSPS) is 26.7. The van der Waals surface area contributed by atoms with Crippen molar-refractivity contribution >= 4 is 11.6 Å². The van der Waals surface area contributed by atoms with Crippen molar-refractivity contribution in [3.05, 3.63) is 30.3 Å². The van der Waals surface area contributed by atoms with Gasteiger partial charge in [0.15, 0.2) is 0 Å². The molecule has 2 aliphatic rings. The molecule has 0 aromatic heterocycles. The first-order chi connectivity index (χ1) is 10.3. The van der Waals surface area contributed by atoms with Crippen LogP contribution in [0.25, 0.3) is 0 Å². The number of piperidine rings is 2. The lowest BCUT2D eigenvalue weighted by Crippen LogP contribution is -2.52. The molecule has 2 fully saturated rings. The van der Waals surface area contributed by atoms with Gasteiger partial charge in [-0.1, -0.05) is 18.2 Å². The fourth-order valence-corrected chi connectivity index (χ4v) is 3.75. The van der Waals surface area contributed by atoms with E-state index in [1.165, 1.54) is 25.7 Å². The Morgan fingerprint density at radius 1 is 1.24 bits per heavy atom. The Balaban J connectivity index is 1.53. The van der Waals surface area contributed by atoms with Crippen molar-refractivity contribution in [1.29, 1.82) is 0 Å². The quantitative estimate of drug-likeness (QED) is 0.895. The molecule has 1 aromatic carbocycles. The minimum absolute atomic E-state index is 0.0991. The third-order valence-corrected chi connectivity index (χ3v) is 4.73. The maximum atomic E-state index is 12.2. The molecule has 1 unspecified atom stereocenters. The van der Waals surface area contributed by atoms with Crippen LogP contribution in [0.5, 0.6) is 0 Å². The molecular formula is C17H25N3O. The number of nitrogens with zero attached hydrogens (tertiary/aromatic N) is 1. The number of amides is 1. The molecule has 3 rings (SSSR count). The van der Waals surface area contributed by atoms with Gasteiger partial charge in [0.25, 0.3) is 0 Å². The number of carbonyl (C=O) groups excluding carboxylic acids is 1. The Kier molecular flexibility index (Phi) is 4.56. The fraction of sp³-hybridized carbons (Fsp3) is 0.588. The first-order valence-corrected chi connectivity index (χ1v) is 8.04. The highest BCUT2D eigenvalue weighted by molar-refractivity contribution is 5.92. The highest BCUT2D eigenvalue weighted by Gasteiger charge is 2.36. The topological polar surface area (TPSA) is 44.4 Å². The summed E-state index contributed by atoms with van der Waals surface area (Å²) in [5.41, 5.74) is 1.29. The molecule has 0 bridgehead atoms. The van der Waals surface area contributed by atoms with E-state index in [2.05, 4.69) is 15.5 Å². The van der Waals surface area contributed by atoms with Gasteiger partial charge >= 0.3 is 0 Å². The largest absolute Gasteiger partial charge is 0.325 e. The lowest BCUT2D eigenvalue weighted by Gasteiger charge is -2.45. The number of hydrogen-bond donors (Lipinski definition) is 2. The summed E-state index contributed by atoms with van der Waals surface area (Å²) in [6.07, 6.45) is 5.08. The van der Waals surface area contributed by atoms with Crippen molar-refractivity contribution in [2.45, 2.75) is 25.7 Å². The van der Waals surface area contributed by atoms with Crippen LogP contribution in [0.15, 0.2) is 30.3 Å². The number of para-hydroxylation sites is 1. The molecule has 4 nitrogen and oxygen atoms in total. The van der Waals surface area contributed by atoms with Crippen molar-refractivity contribution in [2.24, 2.45) is 5.41 Å². The zero-order chi connectivity index (χ0) is 14.5. The molecule has 4 heteroatoms. The Morgan fingerprint density at radius 3 is 2.81 bits per heavy atom. The second-order valence-electron chi connectivity index (χ2n) is 6.51. The molecule has 114 valence electrons. The number of hydrogen-bond acceptors (Lipinski definition) is 3. The first kappa shape index (κ1) is 14.5. The summed E-state index contributed by atoms with van der Waals surface area (Å²) in [4.78, 5) is 14.5. The zero-order valence-electron chi connectivity index (χ0n) is 12.6. The van der Waals surface area contributed by atoms with Gasteiger partial charge in [0.05, 0.1) is 6.54 Å². The van der Waals surface area contributed by atoms with E-state index in [4.69, 9.17) is 0 Å². The number of rotatable bonds is 3. The van der Waals surface area contributed by atoms with Crippen LogP contribution in [-0.4, -0.2) is 43.5 Å². The zero-order valence-corrected chi connectivity index (χ0v) is 12.6. The van der Waals surface area contributed by atoms with E-state index in [0.717, 1.165) is 31.9 Å². The van der Waals surface area contributed by atoms with Crippen LogP contribution >= 0.6 is 0 Å². The van der Waals surface area contributed by atoms with E-state index in [9.17, 15) is 4.79 Å². The van der Waals surface area contributed by atoms with E-state index in [1.54, 1.807) is 0 Å².